The SMILES string of the molecule is Cc1cc(/C=N/NC(=O)Cc2ccccc2)c(C)n1-c1cc(C(=O)O)ccc1Cl. The van der Waals surface area contributed by atoms with Crippen LogP contribution in [0.2, 0.25) is 5.02 Å². The lowest BCUT2D eigenvalue weighted by Gasteiger charge is -2.12. The normalized spacial score (nSPS) is 11.0. The summed E-state index contributed by atoms with van der Waals surface area (Å²) in [5, 5.41) is 13.7. The third-order valence-corrected chi connectivity index (χ3v) is 4.82. The summed E-state index contributed by atoms with van der Waals surface area (Å²) in [4.78, 5) is 23.3. The molecule has 0 aliphatic heterocycles. The fraction of sp³-hybridized carbons (Fsp3) is 0.136. The first-order chi connectivity index (χ1) is 13.9. The number of aryl methyl sites for hydroxylation is 1. The number of carboxylic acid groups (broad SMARTS) is 1. The van der Waals surface area contributed by atoms with E-state index in [1.54, 1.807) is 12.3 Å². The molecule has 148 valence electrons. The maximum atomic E-state index is 12.0. The fourth-order valence-electron chi connectivity index (χ4n) is 3.10. The van der Waals surface area contributed by atoms with E-state index in [2.05, 4.69) is 10.5 Å². The van der Waals surface area contributed by atoms with Crippen LogP contribution in [-0.2, 0) is 11.2 Å². The van der Waals surface area contributed by atoms with E-state index in [1.807, 2.05) is 54.8 Å². The van der Waals surface area contributed by atoms with E-state index < -0.39 is 5.97 Å². The second-order valence-corrected chi connectivity index (χ2v) is 7.00. The topological polar surface area (TPSA) is 83.7 Å². The van der Waals surface area contributed by atoms with Gasteiger partial charge >= 0.3 is 5.97 Å². The number of hydrogen-bond acceptors (Lipinski definition) is 3. The van der Waals surface area contributed by atoms with Gasteiger partial charge in [0.05, 0.1) is 28.9 Å². The summed E-state index contributed by atoms with van der Waals surface area (Å²) < 4.78 is 1.86. The van der Waals surface area contributed by atoms with Crippen molar-refractivity contribution in [2.75, 3.05) is 0 Å². The lowest BCUT2D eigenvalue weighted by molar-refractivity contribution is -0.120. The Labute approximate surface area is 173 Å². The number of benzene rings is 2. The van der Waals surface area contributed by atoms with Crippen LogP contribution in [0.5, 0.6) is 0 Å². The van der Waals surface area contributed by atoms with E-state index in [0.717, 1.165) is 22.5 Å². The van der Waals surface area contributed by atoms with Gasteiger partial charge in [0, 0.05) is 17.0 Å². The minimum absolute atomic E-state index is 0.153. The van der Waals surface area contributed by atoms with Crippen LogP contribution in [0.4, 0.5) is 0 Å². The average Bonchev–Trinajstić information content (AvgIpc) is 2.96. The molecule has 0 aliphatic carbocycles. The van der Waals surface area contributed by atoms with Crippen LogP contribution in [0.25, 0.3) is 5.69 Å². The number of carbonyl (C=O) groups excluding carboxylic acids is 1. The summed E-state index contributed by atoms with van der Waals surface area (Å²) in [5.74, 6) is -1.23. The van der Waals surface area contributed by atoms with Gasteiger partial charge in [-0.1, -0.05) is 41.9 Å². The molecular weight excluding hydrogens is 390 g/mol. The van der Waals surface area contributed by atoms with Crippen molar-refractivity contribution >= 4 is 29.7 Å². The number of hydrogen-bond donors (Lipinski definition) is 2. The highest BCUT2D eigenvalue weighted by Gasteiger charge is 2.14. The van der Waals surface area contributed by atoms with E-state index in [1.165, 1.54) is 12.1 Å². The molecule has 1 aromatic heterocycles. The van der Waals surface area contributed by atoms with Gasteiger partial charge in [0.2, 0.25) is 5.91 Å². The first-order valence-electron chi connectivity index (χ1n) is 8.95. The Hall–Kier alpha value is -3.38. The summed E-state index contributed by atoms with van der Waals surface area (Å²) in [6.45, 7) is 3.77. The molecule has 0 bridgehead atoms. The number of amides is 1. The summed E-state index contributed by atoms with van der Waals surface area (Å²) in [5.41, 5.74) is 6.65. The smallest absolute Gasteiger partial charge is 0.335 e. The van der Waals surface area contributed by atoms with E-state index in [0.29, 0.717) is 10.7 Å². The van der Waals surface area contributed by atoms with Crippen molar-refractivity contribution in [2.24, 2.45) is 5.10 Å². The van der Waals surface area contributed by atoms with Crippen molar-refractivity contribution < 1.29 is 14.7 Å². The standard InChI is InChI=1S/C22H20ClN3O3/c1-14-10-18(13-24-25-21(27)11-16-6-4-3-5-7-16)15(2)26(14)20-12-17(22(28)29)8-9-19(20)23/h3-10,12-13H,11H2,1-2H3,(H,25,27)(H,28,29)/b24-13+. The molecule has 3 aromatic rings. The van der Waals surface area contributed by atoms with Crippen LogP contribution >= 0.6 is 11.6 Å². The van der Waals surface area contributed by atoms with Gasteiger partial charge in [-0.15, -0.1) is 0 Å². The molecule has 0 aliphatic rings. The number of carboxylic acids is 1. The van der Waals surface area contributed by atoms with Crippen LogP contribution < -0.4 is 5.43 Å². The van der Waals surface area contributed by atoms with Crippen LogP contribution in [0.1, 0.15) is 32.9 Å². The molecule has 1 heterocycles. The van der Waals surface area contributed by atoms with Crippen LogP contribution in [-0.4, -0.2) is 27.8 Å². The van der Waals surface area contributed by atoms with Gasteiger partial charge in [-0.3, -0.25) is 4.79 Å². The van der Waals surface area contributed by atoms with Gasteiger partial charge in [0.15, 0.2) is 0 Å². The van der Waals surface area contributed by atoms with E-state index in [-0.39, 0.29) is 17.9 Å². The van der Waals surface area contributed by atoms with Crippen LogP contribution in [0, 0.1) is 13.8 Å². The molecule has 2 N–H and O–H groups in total. The lowest BCUT2D eigenvalue weighted by atomic mass is 10.1. The van der Waals surface area contributed by atoms with Gasteiger partial charge in [-0.25, -0.2) is 10.2 Å². The number of hydrazone groups is 1. The molecule has 0 saturated carbocycles. The first-order valence-corrected chi connectivity index (χ1v) is 9.32. The quantitative estimate of drug-likeness (QED) is 0.474. The molecule has 0 saturated heterocycles. The molecular formula is C22H20ClN3O3. The van der Waals surface area contributed by atoms with Gasteiger partial charge in [-0.05, 0) is 43.7 Å². The Kier molecular flexibility index (Phi) is 6.14. The molecule has 0 atom stereocenters. The summed E-state index contributed by atoms with van der Waals surface area (Å²) >= 11 is 6.31. The average molecular weight is 410 g/mol. The zero-order valence-electron chi connectivity index (χ0n) is 16.0. The highest BCUT2D eigenvalue weighted by Crippen LogP contribution is 2.27. The van der Waals surface area contributed by atoms with E-state index in [4.69, 9.17) is 11.6 Å². The van der Waals surface area contributed by atoms with E-state index in [9.17, 15) is 14.7 Å². The Morgan fingerprint density at radius 2 is 1.86 bits per heavy atom. The Balaban J connectivity index is 1.79. The maximum Gasteiger partial charge on any atom is 0.335 e. The van der Waals surface area contributed by atoms with Crippen molar-refractivity contribution in [3.8, 4) is 5.69 Å². The number of nitrogens with zero attached hydrogens (tertiary/aromatic N) is 2. The van der Waals surface area contributed by atoms with Gasteiger partial charge in [0.1, 0.15) is 0 Å². The number of carbonyl (C=O) groups is 2. The number of aromatic nitrogens is 1. The monoisotopic (exact) mass is 409 g/mol. The molecule has 0 radical (unpaired) electrons. The predicted molar refractivity (Wildman–Crippen MR) is 113 cm³/mol. The lowest BCUT2D eigenvalue weighted by Crippen LogP contribution is -2.19. The molecule has 1 amide bonds. The molecule has 0 unspecified atom stereocenters. The molecule has 3 rings (SSSR count). The summed E-state index contributed by atoms with van der Waals surface area (Å²) in [6.07, 6.45) is 1.81. The van der Waals surface area contributed by atoms with Crippen LogP contribution in [0.3, 0.4) is 0 Å². The van der Waals surface area contributed by atoms with Gasteiger partial charge in [0.25, 0.3) is 0 Å². The van der Waals surface area contributed by atoms with E-state index >= 15 is 0 Å². The molecule has 2 aromatic carbocycles. The van der Waals surface area contributed by atoms with Crippen molar-refractivity contribution in [1.82, 2.24) is 9.99 Å². The van der Waals surface area contributed by atoms with Crippen molar-refractivity contribution in [2.45, 2.75) is 20.3 Å². The Morgan fingerprint density at radius 1 is 1.14 bits per heavy atom. The third-order valence-electron chi connectivity index (χ3n) is 4.50. The highest BCUT2D eigenvalue weighted by molar-refractivity contribution is 6.32. The van der Waals surface area contributed by atoms with Gasteiger partial charge < -0.3 is 9.67 Å². The van der Waals surface area contributed by atoms with Crippen LogP contribution in [0.15, 0.2) is 59.7 Å². The minimum Gasteiger partial charge on any atom is -0.478 e. The van der Waals surface area contributed by atoms with Crippen molar-refractivity contribution in [3.05, 3.63) is 87.7 Å². The molecule has 0 fully saturated rings. The number of aromatic carboxylic acids is 1. The number of nitrogens with one attached hydrogen (secondary N) is 1. The number of rotatable bonds is 6. The zero-order valence-corrected chi connectivity index (χ0v) is 16.8. The highest BCUT2D eigenvalue weighted by atomic mass is 35.5. The van der Waals surface area contributed by atoms with Crippen molar-refractivity contribution in [1.29, 1.82) is 0 Å². The summed E-state index contributed by atoms with van der Waals surface area (Å²) in [6, 6.07) is 15.9. The van der Waals surface area contributed by atoms with Gasteiger partial charge in [-0.2, -0.15) is 5.10 Å². The second kappa shape index (κ2) is 8.75. The maximum absolute atomic E-state index is 12.0. The largest absolute Gasteiger partial charge is 0.478 e. The molecule has 29 heavy (non-hydrogen) atoms. The Bertz CT molecular complexity index is 1090. The third kappa shape index (κ3) is 4.73. The molecule has 0 spiro atoms. The Morgan fingerprint density at radius 3 is 2.55 bits per heavy atom. The second-order valence-electron chi connectivity index (χ2n) is 6.59. The molecule has 6 nitrogen and oxygen atoms in total. The molecule has 7 heteroatoms. The summed E-state index contributed by atoms with van der Waals surface area (Å²) in [7, 11) is 0. The number of halogens is 1. The predicted octanol–water partition coefficient (Wildman–Crippen LogP) is 4.14. The van der Waals surface area contributed by atoms with Crippen molar-refractivity contribution in [3.63, 3.8) is 0 Å². The minimum atomic E-state index is -1.02. The fourth-order valence-corrected chi connectivity index (χ4v) is 3.30. The zero-order chi connectivity index (χ0) is 21.0. The first kappa shape index (κ1) is 20.4.